The Bertz CT molecular complexity index is 1200. The Hall–Kier alpha value is -2.76. The largest absolute Gasteiger partial charge is 0.497 e. The Kier molecular flexibility index (Phi) is 6.58. The number of nitrogens with zero attached hydrogens (tertiary/aromatic N) is 3. The predicted molar refractivity (Wildman–Crippen MR) is 133 cm³/mol. The summed E-state index contributed by atoms with van der Waals surface area (Å²) in [5.41, 5.74) is 4.62. The average molecular weight is 464 g/mol. The summed E-state index contributed by atoms with van der Waals surface area (Å²) in [5.74, 6) is 2.34. The van der Waals surface area contributed by atoms with Crippen molar-refractivity contribution in [1.29, 1.82) is 0 Å². The minimum atomic E-state index is 0.145. The quantitative estimate of drug-likeness (QED) is 0.284. The van der Waals surface area contributed by atoms with E-state index in [9.17, 15) is 0 Å². The molecule has 3 aromatic carbocycles. The molecule has 0 fully saturated rings. The zero-order valence-corrected chi connectivity index (χ0v) is 20.2. The van der Waals surface area contributed by atoms with Crippen molar-refractivity contribution in [1.82, 2.24) is 14.8 Å². The van der Waals surface area contributed by atoms with Gasteiger partial charge in [0.15, 0.2) is 11.0 Å². The second kappa shape index (κ2) is 9.39. The zero-order chi connectivity index (χ0) is 22.7. The van der Waals surface area contributed by atoms with Crippen molar-refractivity contribution >= 4 is 23.4 Å². The Morgan fingerprint density at radius 3 is 2.31 bits per heavy atom. The fraction of sp³-hybridized carbons (Fsp3) is 0.231. The van der Waals surface area contributed by atoms with E-state index in [4.69, 9.17) is 16.3 Å². The number of thioether (sulfide) groups is 1. The molecule has 0 radical (unpaired) electrons. The van der Waals surface area contributed by atoms with E-state index in [0.29, 0.717) is 5.02 Å². The van der Waals surface area contributed by atoms with Crippen LogP contribution in [0.25, 0.3) is 17.1 Å². The molecular formula is C26H26ClN3OS. The van der Waals surface area contributed by atoms with E-state index >= 15 is 0 Å². The standard InChI is InChI=1S/C26H26ClN3OS/c1-26(2,3)20-10-8-18(9-11-20)17-32-25-29-28-24(19-6-5-7-23(16-19)31-4)30(25)22-14-12-21(27)13-15-22/h5-16H,17H2,1-4H3. The van der Waals surface area contributed by atoms with Crippen LogP contribution in [-0.2, 0) is 11.2 Å². The molecule has 4 rings (SSSR count). The van der Waals surface area contributed by atoms with Crippen molar-refractivity contribution in [3.05, 3.63) is 88.9 Å². The third-order valence-electron chi connectivity index (χ3n) is 5.23. The van der Waals surface area contributed by atoms with Crippen LogP contribution in [0.1, 0.15) is 31.9 Å². The number of ether oxygens (including phenoxy) is 1. The van der Waals surface area contributed by atoms with Crippen LogP contribution in [0.15, 0.2) is 78.0 Å². The van der Waals surface area contributed by atoms with Gasteiger partial charge >= 0.3 is 0 Å². The topological polar surface area (TPSA) is 39.9 Å². The van der Waals surface area contributed by atoms with Crippen molar-refractivity contribution < 1.29 is 4.74 Å². The molecule has 0 aliphatic carbocycles. The Morgan fingerprint density at radius 1 is 0.938 bits per heavy atom. The molecule has 0 saturated heterocycles. The normalized spacial score (nSPS) is 11.5. The first-order chi connectivity index (χ1) is 15.3. The minimum absolute atomic E-state index is 0.145. The van der Waals surface area contributed by atoms with Crippen molar-refractivity contribution in [2.24, 2.45) is 0 Å². The molecule has 0 aliphatic rings. The molecule has 32 heavy (non-hydrogen) atoms. The summed E-state index contributed by atoms with van der Waals surface area (Å²) < 4.78 is 7.47. The molecule has 0 unspecified atom stereocenters. The maximum atomic E-state index is 6.13. The molecule has 1 aromatic heterocycles. The number of hydrogen-bond donors (Lipinski definition) is 0. The van der Waals surface area contributed by atoms with Crippen molar-refractivity contribution in [3.8, 4) is 22.8 Å². The molecule has 4 nitrogen and oxygen atoms in total. The molecule has 164 valence electrons. The van der Waals surface area contributed by atoms with Gasteiger partial charge in [-0.3, -0.25) is 4.57 Å². The first-order valence-electron chi connectivity index (χ1n) is 10.4. The van der Waals surface area contributed by atoms with Crippen LogP contribution < -0.4 is 4.74 Å². The summed E-state index contributed by atoms with van der Waals surface area (Å²) in [5, 5.41) is 10.6. The Morgan fingerprint density at radius 2 is 1.66 bits per heavy atom. The smallest absolute Gasteiger partial charge is 0.196 e. The lowest BCUT2D eigenvalue weighted by atomic mass is 9.87. The van der Waals surface area contributed by atoms with Gasteiger partial charge in [0.2, 0.25) is 0 Å². The molecular weight excluding hydrogens is 438 g/mol. The maximum absolute atomic E-state index is 6.13. The summed E-state index contributed by atoms with van der Waals surface area (Å²) in [6.07, 6.45) is 0. The van der Waals surface area contributed by atoms with Crippen LogP contribution in [0.5, 0.6) is 5.75 Å². The summed E-state index contributed by atoms with van der Waals surface area (Å²) >= 11 is 7.80. The van der Waals surface area contributed by atoms with E-state index in [-0.39, 0.29) is 5.41 Å². The second-order valence-corrected chi connectivity index (χ2v) is 9.96. The maximum Gasteiger partial charge on any atom is 0.196 e. The van der Waals surface area contributed by atoms with Crippen molar-refractivity contribution in [3.63, 3.8) is 0 Å². The van der Waals surface area contributed by atoms with Gasteiger partial charge in [-0.15, -0.1) is 10.2 Å². The first kappa shape index (κ1) is 22.4. The van der Waals surface area contributed by atoms with Crippen LogP contribution in [0, 0.1) is 0 Å². The number of aromatic nitrogens is 3. The van der Waals surface area contributed by atoms with Crippen LogP contribution in [-0.4, -0.2) is 21.9 Å². The van der Waals surface area contributed by atoms with Crippen LogP contribution >= 0.6 is 23.4 Å². The summed E-state index contributed by atoms with van der Waals surface area (Å²) in [6, 6.07) is 24.4. The van der Waals surface area contributed by atoms with Gasteiger partial charge in [0.25, 0.3) is 0 Å². The Labute approximate surface area is 198 Å². The van der Waals surface area contributed by atoms with Crippen LogP contribution in [0.2, 0.25) is 5.02 Å². The number of methoxy groups -OCH3 is 1. The Balaban J connectivity index is 1.67. The van der Waals surface area contributed by atoms with Gasteiger partial charge in [0.1, 0.15) is 5.75 Å². The van der Waals surface area contributed by atoms with E-state index < -0.39 is 0 Å². The lowest BCUT2D eigenvalue weighted by Crippen LogP contribution is -2.10. The monoisotopic (exact) mass is 463 g/mol. The van der Waals surface area contributed by atoms with Gasteiger partial charge in [-0.25, -0.2) is 0 Å². The summed E-state index contributed by atoms with van der Waals surface area (Å²) in [6.45, 7) is 6.68. The fourth-order valence-electron chi connectivity index (χ4n) is 3.38. The number of hydrogen-bond acceptors (Lipinski definition) is 4. The molecule has 4 aromatic rings. The van der Waals surface area contributed by atoms with Gasteiger partial charge < -0.3 is 4.74 Å². The third kappa shape index (κ3) is 5.00. The summed E-state index contributed by atoms with van der Waals surface area (Å²) in [4.78, 5) is 0. The first-order valence-corrected chi connectivity index (χ1v) is 11.8. The highest BCUT2D eigenvalue weighted by molar-refractivity contribution is 7.98. The SMILES string of the molecule is COc1cccc(-c2nnc(SCc3ccc(C(C)(C)C)cc3)n2-c2ccc(Cl)cc2)c1. The van der Waals surface area contributed by atoms with E-state index in [1.54, 1.807) is 18.9 Å². The minimum Gasteiger partial charge on any atom is -0.497 e. The molecule has 0 saturated carbocycles. The second-order valence-electron chi connectivity index (χ2n) is 8.59. The zero-order valence-electron chi connectivity index (χ0n) is 18.7. The number of rotatable bonds is 6. The molecule has 0 bridgehead atoms. The molecule has 0 N–H and O–H groups in total. The van der Waals surface area contributed by atoms with E-state index in [2.05, 4.69) is 59.8 Å². The highest BCUT2D eigenvalue weighted by Crippen LogP contribution is 2.32. The van der Waals surface area contributed by atoms with Gasteiger partial charge in [0, 0.05) is 22.0 Å². The van der Waals surface area contributed by atoms with Gasteiger partial charge in [-0.2, -0.15) is 0 Å². The highest BCUT2D eigenvalue weighted by Gasteiger charge is 2.17. The van der Waals surface area contributed by atoms with Gasteiger partial charge in [-0.1, -0.05) is 80.5 Å². The third-order valence-corrected chi connectivity index (χ3v) is 6.49. The molecule has 1 heterocycles. The molecule has 0 spiro atoms. The predicted octanol–water partition coefficient (Wildman–Crippen LogP) is 7.19. The lowest BCUT2D eigenvalue weighted by molar-refractivity contribution is 0.415. The van der Waals surface area contributed by atoms with E-state index in [1.807, 2.05) is 48.5 Å². The summed E-state index contributed by atoms with van der Waals surface area (Å²) in [7, 11) is 1.66. The van der Waals surface area contributed by atoms with Crippen molar-refractivity contribution in [2.75, 3.05) is 7.11 Å². The number of benzene rings is 3. The van der Waals surface area contributed by atoms with Gasteiger partial charge in [-0.05, 0) is 52.9 Å². The number of halogens is 1. The highest BCUT2D eigenvalue weighted by atomic mass is 35.5. The lowest BCUT2D eigenvalue weighted by Gasteiger charge is -2.19. The van der Waals surface area contributed by atoms with E-state index in [0.717, 1.165) is 33.7 Å². The van der Waals surface area contributed by atoms with Crippen LogP contribution in [0.4, 0.5) is 0 Å². The fourth-order valence-corrected chi connectivity index (χ4v) is 4.42. The molecule has 0 atom stereocenters. The molecule has 0 aliphatic heterocycles. The molecule has 0 amide bonds. The van der Waals surface area contributed by atoms with Crippen LogP contribution in [0.3, 0.4) is 0 Å². The van der Waals surface area contributed by atoms with Gasteiger partial charge in [0.05, 0.1) is 7.11 Å². The average Bonchev–Trinajstić information content (AvgIpc) is 3.22. The molecule has 6 heteroatoms. The van der Waals surface area contributed by atoms with Crippen molar-refractivity contribution in [2.45, 2.75) is 37.1 Å². The van der Waals surface area contributed by atoms with E-state index in [1.165, 1.54) is 11.1 Å².